The fourth-order valence-corrected chi connectivity index (χ4v) is 3.16. The molecule has 0 aromatic carbocycles. The lowest BCUT2D eigenvalue weighted by atomic mass is 10.1. The van der Waals surface area contributed by atoms with Crippen LogP contribution in [0.5, 0.6) is 0 Å². The largest absolute Gasteiger partial charge is 0.361 e. The Morgan fingerprint density at radius 3 is 2.62 bits per heavy atom. The molecule has 0 amide bonds. The van der Waals surface area contributed by atoms with Crippen molar-refractivity contribution in [3.63, 3.8) is 0 Å². The van der Waals surface area contributed by atoms with Crippen molar-refractivity contribution in [1.82, 2.24) is 14.9 Å². The van der Waals surface area contributed by atoms with E-state index in [1.54, 1.807) is 20.8 Å². The highest BCUT2D eigenvalue weighted by Gasteiger charge is 2.21. The Balaban J connectivity index is 2.11. The molecule has 8 heteroatoms. The van der Waals surface area contributed by atoms with Crippen LogP contribution in [0.2, 0.25) is 0 Å². The van der Waals surface area contributed by atoms with Gasteiger partial charge in [0.25, 0.3) is 10.0 Å². The number of aromatic nitrogens is 2. The van der Waals surface area contributed by atoms with E-state index in [1.165, 1.54) is 0 Å². The molecular formula is C13H16FN3O3S. The van der Waals surface area contributed by atoms with E-state index in [-0.39, 0.29) is 11.1 Å². The topological polar surface area (TPSA) is 85.1 Å². The molecule has 0 radical (unpaired) electrons. The van der Waals surface area contributed by atoms with Gasteiger partial charge in [0.1, 0.15) is 11.6 Å². The lowest BCUT2D eigenvalue weighted by molar-refractivity contribution is 0.392. The third kappa shape index (κ3) is 3.64. The molecular weight excluding hydrogens is 297 g/mol. The van der Waals surface area contributed by atoms with Gasteiger partial charge in [-0.2, -0.15) is 0 Å². The number of nitrogens with one attached hydrogen (secondary N) is 1. The molecule has 2 aromatic rings. The van der Waals surface area contributed by atoms with Gasteiger partial charge in [0.05, 0.1) is 11.9 Å². The second-order valence-electron chi connectivity index (χ2n) is 4.84. The lowest BCUT2D eigenvalue weighted by Crippen LogP contribution is -2.34. The first-order valence-electron chi connectivity index (χ1n) is 6.35. The highest BCUT2D eigenvalue weighted by atomic mass is 32.2. The van der Waals surface area contributed by atoms with E-state index in [4.69, 9.17) is 4.52 Å². The van der Waals surface area contributed by atoms with Crippen LogP contribution in [-0.2, 0) is 16.4 Å². The van der Waals surface area contributed by atoms with Gasteiger partial charge in [-0.3, -0.25) is 0 Å². The highest BCUT2D eigenvalue weighted by molar-refractivity contribution is 7.89. The van der Waals surface area contributed by atoms with Gasteiger partial charge in [-0.25, -0.2) is 22.5 Å². The minimum absolute atomic E-state index is 0.213. The average Bonchev–Trinajstić information content (AvgIpc) is 2.70. The van der Waals surface area contributed by atoms with Crippen LogP contribution in [0.15, 0.2) is 27.9 Å². The molecule has 2 rings (SSSR count). The summed E-state index contributed by atoms with van der Waals surface area (Å²) < 4.78 is 44.6. The molecule has 0 bridgehead atoms. The van der Waals surface area contributed by atoms with Crippen LogP contribution in [0, 0.1) is 19.7 Å². The fourth-order valence-electron chi connectivity index (χ4n) is 1.99. The smallest absolute Gasteiger partial charge is 0.258 e. The monoisotopic (exact) mass is 313 g/mol. The lowest BCUT2D eigenvalue weighted by Gasteiger charge is -2.13. The molecule has 0 saturated carbocycles. The quantitative estimate of drug-likeness (QED) is 0.908. The van der Waals surface area contributed by atoms with Gasteiger partial charge in [0, 0.05) is 11.6 Å². The van der Waals surface area contributed by atoms with Crippen molar-refractivity contribution >= 4 is 10.0 Å². The number of rotatable bonds is 5. The molecule has 6 nitrogen and oxygen atoms in total. The molecule has 0 spiro atoms. The zero-order valence-electron chi connectivity index (χ0n) is 11.9. The number of aryl methyl sites for hydroxylation is 2. The molecule has 0 aliphatic rings. The Hall–Kier alpha value is -1.80. The minimum atomic E-state index is -3.78. The Morgan fingerprint density at radius 2 is 2.10 bits per heavy atom. The molecule has 21 heavy (non-hydrogen) atoms. The summed E-state index contributed by atoms with van der Waals surface area (Å²) in [5, 5.41) is 3.61. The first-order valence-corrected chi connectivity index (χ1v) is 7.83. The molecule has 1 unspecified atom stereocenters. The van der Waals surface area contributed by atoms with Crippen molar-refractivity contribution in [2.45, 2.75) is 38.3 Å². The predicted octanol–water partition coefficient (Wildman–Crippen LogP) is 1.74. The van der Waals surface area contributed by atoms with Gasteiger partial charge in [-0.05, 0) is 39.3 Å². The third-order valence-electron chi connectivity index (χ3n) is 3.02. The van der Waals surface area contributed by atoms with Crippen molar-refractivity contribution in [2.75, 3.05) is 0 Å². The van der Waals surface area contributed by atoms with Crippen molar-refractivity contribution in [2.24, 2.45) is 0 Å². The third-order valence-corrected chi connectivity index (χ3v) is 4.53. The summed E-state index contributed by atoms with van der Waals surface area (Å²) >= 11 is 0. The number of halogens is 1. The molecule has 0 fully saturated rings. The molecule has 1 N–H and O–H groups in total. The van der Waals surface area contributed by atoms with Crippen molar-refractivity contribution in [3.05, 3.63) is 41.2 Å². The Labute approximate surface area is 122 Å². The van der Waals surface area contributed by atoms with Gasteiger partial charge < -0.3 is 4.52 Å². The van der Waals surface area contributed by atoms with Crippen LogP contribution < -0.4 is 4.72 Å². The van der Waals surface area contributed by atoms with E-state index in [2.05, 4.69) is 14.9 Å². The summed E-state index contributed by atoms with van der Waals surface area (Å²) in [6.45, 7) is 5.31. The van der Waals surface area contributed by atoms with Gasteiger partial charge >= 0.3 is 0 Å². The van der Waals surface area contributed by atoms with Crippen molar-refractivity contribution in [1.29, 1.82) is 0 Å². The zero-order valence-corrected chi connectivity index (χ0v) is 12.7. The van der Waals surface area contributed by atoms with E-state index in [0.717, 1.165) is 29.6 Å². The Kier molecular flexibility index (Phi) is 4.38. The minimum Gasteiger partial charge on any atom is -0.361 e. The molecule has 0 aliphatic carbocycles. The molecule has 2 heterocycles. The first-order chi connectivity index (χ1) is 9.79. The van der Waals surface area contributed by atoms with Crippen LogP contribution in [0.3, 0.4) is 0 Å². The van der Waals surface area contributed by atoms with Crippen LogP contribution in [0.25, 0.3) is 0 Å². The molecule has 1 atom stereocenters. The Bertz CT molecular complexity index is 706. The number of nitrogens with zero attached hydrogens (tertiary/aromatic N) is 2. The highest BCUT2D eigenvalue weighted by Crippen LogP contribution is 2.15. The number of sulfonamides is 1. The first kappa shape index (κ1) is 15.6. The average molecular weight is 313 g/mol. The van der Waals surface area contributed by atoms with Crippen LogP contribution in [-0.4, -0.2) is 24.6 Å². The maximum absolute atomic E-state index is 12.8. The van der Waals surface area contributed by atoms with Crippen LogP contribution in [0.4, 0.5) is 4.39 Å². The maximum atomic E-state index is 12.8. The number of hydrogen-bond acceptors (Lipinski definition) is 5. The van der Waals surface area contributed by atoms with Crippen molar-refractivity contribution < 1.29 is 17.3 Å². The van der Waals surface area contributed by atoms with E-state index in [1.807, 2.05) is 0 Å². The SMILES string of the molecule is Cc1noc(C)c1CC(C)NS(=O)(=O)c1ccc(F)cn1. The molecule has 2 aromatic heterocycles. The number of pyridine rings is 1. The van der Waals surface area contributed by atoms with Gasteiger partial charge in [0.15, 0.2) is 5.03 Å². The summed E-state index contributed by atoms with van der Waals surface area (Å²) in [4.78, 5) is 3.58. The van der Waals surface area contributed by atoms with Crippen molar-refractivity contribution in [3.8, 4) is 0 Å². The van der Waals surface area contributed by atoms with Crippen LogP contribution in [0.1, 0.15) is 23.9 Å². The van der Waals surface area contributed by atoms with E-state index < -0.39 is 15.8 Å². The van der Waals surface area contributed by atoms with E-state index >= 15 is 0 Å². The predicted molar refractivity (Wildman–Crippen MR) is 73.7 cm³/mol. The van der Waals surface area contributed by atoms with Gasteiger partial charge in [-0.15, -0.1) is 0 Å². The molecule has 114 valence electrons. The van der Waals surface area contributed by atoms with E-state index in [0.29, 0.717) is 12.2 Å². The normalized spacial score (nSPS) is 13.3. The number of hydrogen-bond donors (Lipinski definition) is 1. The Morgan fingerprint density at radius 1 is 1.38 bits per heavy atom. The standard InChI is InChI=1S/C13H16FN3O3S/c1-8(6-12-9(2)16-20-10(12)3)17-21(18,19)13-5-4-11(14)7-15-13/h4-5,7-8,17H,6H2,1-3H3. The fraction of sp³-hybridized carbons (Fsp3) is 0.385. The maximum Gasteiger partial charge on any atom is 0.258 e. The molecule has 0 saturated heterocycles. The van der Waals surface area contributed by atoms with E-state index in [9.17, 15) is 12.8 Å². The van der Waals surface area contributed by atoms with Gasteiger partial charge in [-0.1, -0.05) is 5.16 Å². The summed E-state index contributed by atoms with van der Waals surface area (Å²) in [6.07, 6.45) is 1.31. The second-order valence-corrected chi connectivity index (χ2v) is 6.50. The summed E-state index contributed by atoms with van der Waals surface area (Å²) in [5.74, 6) is 0.0798. The van der Waals surface area contributed by atoms with Crippen LogP contribution >= 0.6 is 0 Å². The summed E-state index contributed by atoms with van der Waals surface area (Å²) in [7, 11) is -3.78. The summed E-state index contributed by atoms with van der Waals surface area (Å²) in [5.41, 5.74) is 1.61. The zero-order chi connectivity index (χ0) is 15.6. The van der Waals surface area contributed by atoms with Gasteiger partial charge in [0.2, 0.25) is 0 Å². The second kappa shape index (κ2) is 5.90. The summed E-state index contributed by atoms with van der Waals surface area (Å²) in [6, 6.07) is 1.81. The molecule has 0 aliphatic heterocycles.